The van der Waals surface area contributed by atoms with Crippen LogP contribution in [0.25, 0.3) is 0 Å². The molecule has 0 aromatic rings. The average Bonchev–Trinajstić information content (AvgIpc) is 2.98. The van der Waals surface area contributed by atoms with Crippen molar-refractivity contribution in [3.8, 4) is 0 Å². The van der Waals surface area contributed by atoms with Gasteiger partial charge in [-0.05, 0) is 25.2 Å². The van der Waals surface area contributed by atoms with Gasteiger partial charge in [-0.25, -0.2) is 0 Å². The maximum atomic E-state index is 13.6. The molecule has 0 aromatic carbocycles. The average molecular weight is 500 g/mol. The van der Waals surface area contributed by atoms with Crippen molar-refractivity contribution in [2.75, 3.05) is 20.1 Å². The molecular formula is C22H33N3O8S. The SMILES string of the molecule is CCCN(C)S(=O)(=O)N1CC[C@H]2[C@H]1[C@H](C)C(=O)N2C(=O)[C@@H]1[C@@H]2C[C@@H](OC(C)=O)[C@H](OC(C)=O)[C@@H]21. The second-order valence-electron chi connectivity index (χ2n) is 9.85. The number of carbonyl (C=O) groups is 4. The molecule has 190 valence electrons. The van der Waals surface area contributed by atoms with Crippen molar-refractivity contribution in [1.29, 1.82) is 0 Å². The minimum atomic E-state index is -3.75. The Balaban J connectivity index is 1.52. The summed E-state index contributed by atoms with van der Waals surface area (Å²) < 4.78 is 39.6. The van der Waals surface area contributed by atoms with Crippen LogP contribution in [0, 0.1) is 23.7 Å². The molecule has 2 heterocycles. The molecule has 0 spiro atoms. The normalized spacial score (nSPS) is 37.0. The third-order valence-electron chi connectivity index (χ3n) is 7.69. The van der Waals surface area contributed by atoms with Gasteiger partial charge in [-0.15, -0.1) is 0 Å². The third kappa shape index (κ3) is 3.93. The molecule has 2 amide bonds. The number of ether oxygens (including phenoxy) is 2. The predicted octanol–water partition coefficient (Wildman–Crippen LogP) is 0.150. The first-order chi connectivity index (χ1) is 15.9. The second-order valence-corrected chi connectivity index (χ2v) is 11.8. The van der Waals surface area contributed by atoms with Crippen LogP contribution in [0.2, 0.25) is 0 Å². The Morgan fingerprint density at radius 2 is 1.79 bits per heavy atom. The summed E-state index contributed by atoms with van der Waals surface area (Å²) in [5.74, 6) is -3.36. The second kappa shape index (κ2) is 8.87. The van der Waals surface area contributed by atoms with Gasteiger partial charge in [0.15, 0.2) is 0 Å². The molecule has 0 aromatic heterocycles. The summed E-state index contributed by atoms with van der Waals surface area (Å²) in [4.78, 5) is 51.0. The Kier molecular flexibility index (Phi) is 6.54. The van der Waals surface area contributed by atoms with Crippen LogP contribution in [0.3, 0.4) is 0 Å². The molecule has 8 atom stereocenters. The van der Waals surface area contributed by atoms with E-state index in [-0.39, 0.29) is 30.2 Å². The number of amides is 2. The Morgan fingerprint density at radius 1 is 1.15 bits per heavy atom. The Morgan fingerprint density at radius 3 is 2.38 bits per heavy atom. The lowest BCUT2D eigenvalue weighted by Crippen LogP contribution is -2.48. The Labute approximate surface area is 199 Å². The molecule has 4 aliphatic rings. The van der Waals surface area contributed by atoms with Crippen LogP contribution >= 0.6 is 0 Å². The minimum Gasteiger partial charge on any atom is -0.459 e. The zero-order valence-corrected chi connectivity index (χ0v) is 21.0. The monoisotopic (exact) mass is 499 g/mol. The molecular weight excluding hydrogens is 466 g/mol. The van der Waals surface area contributed by atoms with E-state index < -0.39 is 58.3 Å². The molecule has 34 heavy (non-hydrogen) atoms. The van der Waals surface area contributed by atoms with Gasteiger partial charge in [0, 0.05) is 45.8 Å². The van der Waals surface area contributed by atoms with Crippen LogP contribution in [0.15, 0.2) is 0 Å². The van der Waals surface area contributed by atoms with Gasteiger partial charge >= 0.3 is 11.9 Å². The molecule has 0 unspecified atom stereocenters. The van der Waals surface area contributed by atoms with E-state index in [1.807, 2.05) is 6.92 Å². The van der Waals surface area contributed by atoms with Crippen molar-refractivity contribution in [3.05, 3.63) is 0 Å². The lowest BCUT2D eigenvalue weighted by molar-refractivity contribution is -0.166. The van der Waals surface area contributed by atoms with Crippen molar-refractivity contribution in [2.24, 2.45) is 23.7 Å². The van der Waals surface area contributed by atoms with E-state index in [4.69, 9.17) is 9.47 Å². The lowest BCUT2D eigenvalue weighted by Gasteiger charge is -2.29. The fraction of sp³-hybridized carbons (Fsp3) is 0.818. The van der Waals surface area contributed by atoms with E-state index >= 15 is 0 Å². The molecule has 4 rings (SSSR count). The number of hydrogen-bond donors (Lipinski definition) is 0. The number of fused-ring (bicyclic) bond motifs is 2. The van der Waals surface area contributed by atoms with E-state index in [2.05, 4.69) is 0 Å². The first-order valence-electron chi connectivity index (χ1n) is 11.9. The number of nitrogens with zero attached hydrogens (tertiary/aromatic N) is 3. The minimum absolute atomic E-state index is 0.153. The molecule has 2 aliphatic carbocycles. The summed E-state index contributed by atoms with van der Waals surface area (Å²) in [7, 11) is -2.23. The van der Waals surface area contributed by atoms with Gasteiger partial charge in [-0.3, -0.25) is 24.1 Å². The summed E-state index contributed by atoms with van der Waals surface area (Å²) >= 11 is 0. The molecule has 11 nitrogen and oxygen atoms in total. The molecule has 0 N–H and O–H groups in total. The maximum absolute atomic E-state index is 13.6. The number of likely N-dealkylation sites (tertiary alicyclic amines) is 1. The first-order valence-corrected chi connectivity index (χ1v) is 13.3. The van der Waals surface area contributed by atoms with E-state index in [1.165, 1.54) is 34.4 Å². The van der Waals surface area contributed by atoms with Crippen molar-refractivity contribution < 1.29 is 37.1 Å². The highest BCUT2D eigenvalue weighted by molar-refractivity contribution is 7.86. The van der Waals surface area contributed by atoms with Crippen LogP contribution in [-0.2, 0) is 38.9 Å². The summed E-state index contributed by atoms with van der Waals surface area (Å²) in [6.45, 7) is 6.72. The summed E-state index contributed by atoms with van der Waals surface area (Å²) in [5.41, 5.74) is 0. The van der Waals surface area contributed by atoms with Crippen LogP contribution in [0.5, 0.6) is 0 Å². The van der Waals surface area contributed by atoms with Crippen LogP contribution < -0.4 is 0 Å². The lowest BCUT2D eigenvalue weighted by atomic mass is 10.0. The summed E-state index contributed by atoms with van der Waals surface area (Å²) in [5, 5.41) is 0. The van der Waals surface area contributed by atoms with Gasteiger partial charge < -0.3 is 9.47 Å². The van der Waals surface area contributed by atoms with Crippen LogP contribution in [-0.4, -0.2) is 90.1 Å². The quantitative estimate of drug-likeness (QED) is 0.357. The molecule has 2 saturated carbocycles. The van der Waals surface area contributed by atoms with Gasteiger partial charge in [0.05, 0.1) is 18.0 Å². The molecule has 0 bridgehead atoms. The van der Waals surface area contributed by atoms with E-state index in [0.29, 0.717) is 25.8 Å². The third-order valence-corrected chi connectivity index (χ3v) is 9.68. The maximum Gasteiger partial charge on any atom is 0.303 e. The standard InChI is InChI=1S/C22H33N3O8S/c1-6-8-23(5)34(30,31)24-9-7-15-19(24)11(2)21(28)25(15)22(29)18-14-10-16(32-12(3)26)20(17(14)18)33-13(4)27/h11,14-20H,6-10H2,1-5H3/t11-,14+,15-,16+,17-,18+,19+,20-/m0/s1. The molecule has 4 fully saturated rings. The van der Waals surface area contributed by atoms with Crippen molar-refractivity contribution in [3.63, 3.8) is 0 Å². The number of imide groups is 1. The zero-order chi connectivity index (χ0) is 25.1. The number of esters is 2. The largest absolute Gasteiger partial charge is 0.459 e. The molecule has 2 aliphatic heterocycles. The smallest absolute Gasteiger partial charge is 0.303 e. The predicted molar refractivity (Wildman–Crippen MR) is 118 cm³/mol. The highest BCUT2D eigenvalue weighted by Gasteiger charge is 2.70. The topological polar surface area (TPSA) is 131 Å². The highest BCUT2D eigenvalue weighted by atomic mass is 32.2. The molecule has 2 saturated heterocycles. The van der Waals surface area contributed by atoms with Crippen molar-refractivity contribution >= 4 is 34.0 Å². The van der Waals surface area contributed by atoms with Crippen molar-refractivity contribution in [1.82, 2.24) is 13.5 Å². The zero-order valence-electron chi connectivity index (χ0n) is 20.2. The summed E-state index contributed by atoms with van der Waals surface area (Å²) in [6, 6.07) is -1.12. The van der Waals surface area contributed by atoms with Gasteiger partial charge in [0.1, 0.15) is 12.2 Å². The summed E-state index contributed by atoms with van der Waals surface area (Å²) in [6.07, 6.45) is 0.0973. The van der Waals surface area contributed by atoms with Gasteiger partial charge in [0.25, 0.3) is 10.2 Å². The molecule has 12 heteroatoms. The van der Waals surface area contributed by atoms with Gasteiger partial charge in [0.2, 0.25) is 11.8 Å². The highest BCUT2D eigenvalue weighted by Crippen LogP contribution is 2.60. The first kappa shape index (κ1) is 25.1. The van der Waals surface area contributed by atoms with Crippen LogP contribution in [0.4, 0.5) is 0 Å². The van der Waals surface area contributed by atoms with Gasteiger partial charge in [-0.1, -0.05) is 13.8 Å². The van der Waals surface area contributed by atoms with E-state index in [9.17, 15) is 27.6 Å². The van der Waals surface area contributed by atoms with Crippen LogP contribution in [0.1, 0.15) is 47.0 Å². The van der Waals surface area contributed by atoms with E-state index in [0.717, 1.165) is 0 Å². The van der Waals surface area contributed by atoms with Gasteiger partial charge in [-0.2, -0.15) is 17.0 Å². The number of rotatable bonds is 7. The fourth-order valence-electron chi connectivity index (χ4n) is 6.30. The Hall–Kier alpha value is -2.05. The molecule has 0 radical (unpaired) electrons. The Bertz CT molecular complexity index is 1000. The fourth-order valence-corrected chi connectivity index (χ4v) is 8.04. The number of hydrogen-bond acceptors (Lipinski definition) is 8. The number of carbonyl (C=O) groups excluding carboxylic acids is 4. The van der Waals surface area contributed by atoms with E-state index in [1.54, 1.807) is 6.92 Å². The van der Waals surface area contributed by atoms with Crippen molar-refractivity contribution in [2.45, 2.75) is 71.2 Å².